The van der Waals surface area contributed by atoms with Crippen LogP contribution in [0.25, 0.3) is 0 Å². The summed E-state index contributed by atoms with van der Waals surface area (Å²) in [5.41, 5.74) is 0.924. The van der Waals surface area contributed by atoms with E-state index in [2.05, 4.69) is 10.6 Å². The molecule has 128 valence electrons. The average Bonchev–Trinajstić information content (AvgIpc) is 2.87. The SMILES string of the molecule is Cl.O=C(O)[C@@H](NC(CO)c1ccccc1)C1CC2CCC(C1)N2. The maximum absolute atomic E-state index is 11.8. The molecule has 2 bridgehead atoms. The number of rotatable bonds is 6. The number of carboxylic acids is 1. The molecule has 0 aromatic heterocycles. The number of hydrogen-bond acceptors (Lipinski definition) is 4. The molecule has 2 aliphatic rings. The Morgan fingerprint density at radius 2 is 1.83 bits per heavy atom. The third kappa shape index (κ3) is 4.23. The number of aliphatic carboxylic acids is 1. The van der Waals surface area contributed by atoms with E-state index in [4.69, 9.17) is 0 Å². The Morgan fingerprint density at radius 3 is 2.35 bits per heavy atom. The second-order valence-corrected chi connectivity index (χ2v) is 6.50. The maximum Gasteiger partial charge on any atom is 0.321 e. The highest BCUT2D eigenvalue weighted by Crippen LogP contribution is 2.33. The van der Waals surface area contributed by atoms with Gasteiger partial charge >= 0.3 is 5.97 Å². The lowest BCUT2D eigenvalue weighted by atomic mass is 9.85. The summed E-state index contributed by atoms with van der Waals surface area (Å²) in [6, 6.07) is 9.51. The van der Waals surface area contributed by atoms with E-state index in [1.807, 2.05) is 30.3 Å². The van der Waals surface area contributed by atoms with E-state index in [1.54, 1.807) is 0 Å². The molecule has 0 radical (unpaired) electrons. The molecular weight excluding hydrogens is 316 g/mol. The lowest BCUT2D eigenvalue weighted by Crippen LogP contribution is -2.51. The van der Waals surface area contributed by atoms with E-state index in [-0.39, 0.29) is 31.0 Å². The molecule has 5 nitrogen and oxygen atoms in total. The zero-order chi connectivity index (χ0) is 15.5. The molecule has 0 aliphatic carbocycles. The van der Waals surface area contributed by atoms with Crippen LogP contribution in [0.5, 0.6) is 0 Å². The predicted octanol–water partition coefficient (Wildman–Crippen LogP) is 1.72. The van der Waals surface area contributed by atoms with Crippen molar-refractivity contribution < 1.29 is 15.0 Å². The van der Waals surface area contributed by atoms with Gasteiger partial charge in [-0.15, -0.1) is 12.4 Å². The lowest BCUT2D eigenvalue weighted by molar-refractivity contribution is -0.141. The lowest BCUT2D eigenvalue weighted by Gasteiger charge is -2.35. The molecule has 4 atom stereocenters. The molecule has 6 heteroatoms. The molecule has 2 heterocycles. The van der Waals surface area contributed by atoms with Gasteiger partial charge in [0.2, 0.25) is 0 Å². The number of benzene rings is 1. The second kappa shape index (κ2) is 8.11. The van der Waals surface area contributed by atoms with Gasteiger partial charge in [-0.3, -0.25) is 10.1 Å². The minimum atomic E-state index is -0.819. The van der Waals surface area contributed by atoms with Crippen LogP contribution in [0.15, 0.2) is 30.3 Å². The van der Waals surface area contributed by atoms with Crippen LogP contribution in [0.3, 0.4) is 0 Å². The number of nitrogens with one attached hydrogen (secondary N) is 2. The Kier molecular flexibility index (Phi) is 6.41. The standard InChI is InChI=1S/C17H24N2O3.ClH/c20-10-15(11-4-2-1-3-5-11)19-16(17(21)22)12-8-13-6-7-14(9-12)18-13;/h1-5,12-16,18-20H,6-10H2,(H,21,22);1H/t12?,13?,14?,15?,16-;/m0./s1. The van der Waals surface area contributed by atoms with Crippen LogP contribution in [0, 0.1) is 5.92 Å². The quantitative estimate of drug-likeness (QED) is 0.634. The maximum atomic E-state index is 11.8. The first kappa shape index (κ1) is 18.2. The summed E-state index contributed by atoms with van der Waals surface area (Å²) in [5, 5.41) is 26.0. The van der Waals surface area contributed by atoms with Crippen LogP contribution in [-0.2, 0) is 4.79 Å². The van der Waals surface area contributed by atoms with Crippen molar-refractivity contribution in [2.24, 2.45) is 5.92 Å². The molecule has 2 aliphatic heterocycles. The number of piperidine rings is 1. The van der Waals surface area contributed by atoms with Crippen molar-refractivity contribution in [1.82, 2.24) is 10.6 Å². The van der Waals surface area contributed by atoms with Crippen LogP contribution >= 0.6 is 12.4 Å². The summed E-state index contributed by atoms with van der Waals surface area (Å²) in [7, 11) is 0. The van der Waals surface area contributed by atoms with Crippen molar-refractivity contribution in [3.8, 4) is 0 Å². The second-order valence-electron chi connectivity index (χ2n) is 6.50. The summed E-state index contributed by atoms with van der Waals surface area (Å²) in [6.45, 7) is -0.106. The fourth-order valence-electron chi connectivity index (χ4n) is 3.94. The first-order chi connectivity index (χ1) is 10.7. The molecular formula is C17H25ClN2O3. The van der Waals surface area contributed by atoms with Crippen molar-refractivity contribution in [1.29, 1.82) is 0 Å². The molecule has 2 fully saturated rings. The van der Waals surface area contributed by atoms with Gasteiger partial charge in [0.25, 0.3) is 0 Å². The highest BCUT2D eigenvalue weighted by atomic mass is 35.5. The van der Waals surface area contributed by atoms with Crippen molar-refractivity contribution >= 4 is 18.4 Å². The molecule has 2 saturated heterocycles. The highest BCUT2D eigenvalue weighted by molar-refractivity contribution is 5.85. The van der Waals surface area contributed by atoms with Gasteiger partial charge in [-0.2, -0.15) is 0 Å². The van der Waals surface area contributed by atoms with Gasteiger partial charge in [0, 0.05) is 12.1 Å². The van der Waals surface area contributed by atoms with E-state index in [0.717, 1.165) is 31.2 Å². The van der Waals surface area contributed by atoms with Crippen LogP contribution < -0.4 is 10.6 Å². The van der Waals surface area contributed by atoms with Gasteiger partial charge in [0.1, 0.15) is 6.04 Å². The number of carbonyl (C=O) groups is 1. The topological polar surface area (TPSA) is 81.6 Å². The zero-order valence-corrected chi connectivity index (χ0v) is 13.8. The Labute approximate surface area is 142 Å². The fraction of sp³-hybridized carbons (Fsp3) is 0.588. The van der Waals surface area contributed by atoms with Crippen LogP contribution in [-0.4, -0.2) is 40.9 Å². The molecule has 3 rings (SSSR count). The number of aliphatic hydroxyl groups is 1. The van der Waals surface area contributed by atoms with E-state index < -0.39 is 12.0 Å². The monoisotopic (exact) mass is 340 g/mol. The van der Waals surface area contributed by atoms with Crippen molar-refractivity contribution in [2.45, 2.75) is 49.9 Å². The zero-order valence-electron chi connectivity index (χ0n) is 13.0. The van der Waals surface area contributed by atoms with Crippen molar-refractivity contribution in [2.75, 3.05) is 6.61 Å². The summed E-state index contributed by atoms with van der Waals surface area (Å²) in [5.74, 6) is -0.699. The number of hydrogen-bond donors (Lipinski definition) is 4. The number of halogens is 1. The first-order valence-corrected chi connectivity index (χ1v) is 8.08. The van der Waals surface area contributed by atoms with Crippen molar-refractivity contribution in [3.05, 3.63) is 35.9 Å². The van der Waals surface area contributed by atoms with Crippen LogP contribution in [0.2, 0.25) is 0 Å². The van der Waals surface area contributed by atoms with Crippen LogP contribution in [0.1, 0.15) is 37.3 Å². The van der Waals surface area contributed by atoms with Gasteiger partial charge in [0.15, 0.2) is 0 Å². The predicted molar refractivity (Wildman–Crippen MR) is 90.7 cm³/mol. The van der Waals surface area contributed by atoms with Gasteiger partial charge in [-0.25, -0.2) is 0 Å². The fourth-order valence-corrected chi connectivity index (χ4v) is 3.94. The summed E-state index contributed by atoms with van der Waals surface area (Å²) < 4.78 is 0. The molecule has 0 saturated carbocycles. The van der Waals surface area contributed by atoms with Gasteiger partial charge in [-0.1, -0.05) is 30.3 Å². The highest BCUT2D eigenvalue weighted by Gasteiger charge is 2.40. The van der Waals surface area contributed by atoms with Crippen LogP contribution in [0.4, 0.5) is 0 Å². The van der Waals surface area contributed by atoms with Crippen molar-refractivity contribution in [3.63, 3.8) is 0 Å². The molecule has 0 spiro atoms. The largest absolute Gasteiger partial charge is 0.480 e. The third-order valence-corrected chi connectivity index (χ3v) is 5.01. The van der Waals surface area contributed by atoms with E-state index in [0.29, 0.717) is 12.1 Å². The van der Waals surface area contributed by atoms with E-state index in [9.17, 15) is 15.0 Å². The molecule has 3 unspecified atom stereocenters. The molecule has 4 N–H and O–H groups in total. The minimum absolute atomic E-state index is 0. The Morgan fingerprint density at radius 1 is 1.22 bits per heavy atom. The van der Waals surface area contributed by atoms with E-state index >= 15 is 0 Å². The van der Waals surface area contributed by atoms with Gasteiger partial charge in [-0.05, 0) is 37.2 Å². The van der Waals surface area contributed by atoms with Gasteiger partial charge < -0.3 is 15.5 Å². The summed E-state index contributed by atoms with van der Waals surface area (Å²) >= 11 is 0. The molecule has 23 heavy (non-hydrogen) atoms. The normalized spacial score (nSPS) is 28.7. The average molecular weight is 341 g/mol. The molecule has 1 aromatic carbocycles. The van der Waals surface area contributed by atoms with E-state index in [1.165, 1.54) is 0 Å². The molecule has 1 aromatic rings. The first-order valence-electron chi connectivity index (χ1n) is 8.08. The number of aliphatic hydroxyl groups excluding tert-OH is 1. The Balaban J connectivity index is 0.00000192. The Hall–Kier alpha value is -1.14. The third-order valence-electron chi connectivity index (χ3n) is 5.01. The summed E-state index contributed by atoms with van der Waals surface area (Å²) in [6.07, 6.45) is 4.09. The molecule has 0 amide bonds. The minimum Gasteiger partial charge on any atom is -0.480 e. The number of fused-ring (bicyclic) bond motifs is 2. The summed E-state index contributed by atoms with van der Waals surface area (Å²) in [4.78, 5) is 11.8. The number of carboxylic acid groups (broad SMARTS) is 1. The Bertz CT molecular complexity index is 502. The smallest absolute Gasteiger partial charge is 0.321 e. The van der Waals surface area contributed by atoms with Gasteiger partial charge in [0.05, 0.1) is 12.6 Å².